The number of hydrogen-bond acceptors (Lipinski definition) is 7. The van der Waals surface area contributed by atoms with E-state index in [2.05, 4.69) is 37.0 Å². The molecule has 2 heterocycles. The molecule has 0 spiro atoms. The van der Waals surface area contributed by atoms with Crippen LogP contribution in [0.1, 0.15) is 0 Å². The van der Waals surface area contributed by atoms with Crippen LogP contribution >= 0.6 is 0 Å². The van der Waals surface area contributed by atoms with Crippen LogP contribution in [0.5, 0.6) is 5.75 Å². The molecule has 0 unspecified atom stereocenters. The molecule has 8 heteroatoms. The fourth-order valence-corrected chi connectivity index (χ4v) is 3.21. The van der Waals surface area contributed by atoms with Crippen molar-refractivity contribution in [3.05, 3.63) is 67.1 Å². The Balaban J connectivity index is 1.66. The van der Waals surface area contributed by atoms with Crippen molar-refractivity contribution in [1.82, 2.24) is 15.0 Å². The molecule has 4 aromatic rings. The summed E-state index contributed by atoms with van der Waals surface area (Å²) < 4.78 is 5.39. The molecular weight excluding hydrogens is 392 g/mol. The van der Waals surface area contributed by atoms with E-state index >= 15 is 0 Å². The summed E-state index contributed by atoms with van der Waals surface area (Å²) in [7, 11) is 3.41. The van der Waals surface area contributed by atoms with Crippen LogP contribution in [0.3, 0.4) is 0 Å². The number of carbonyl (C=O) groups is 1. The Kier molecular flexibility index (Phi) is 5.89. The molecule has 0 fully saturated rings. The summed E-state index contributed by atoms with van der Waals surface area (Å²) in [6.07, 6.45) is 4.97. The second-order valence-corrected chi connectivity index (χ2v) is 6.76. The Morgan fingerprint density at radius 2 is 1.87 bits per heavy atom. The zero-order valence-electron chi connectivity index (χ0n) is 17.2. The second-order valence-electron chi connectivity index (χ2n) is 6.76. The Bertz CT molecular complexity index is 1210. The van der Waals surface area contributed by atoms with Crippen molar-refractivity contribution in [3.8, 4) is 17.0 Å². The second kappa shape index (κ2) is 9.08. The van der Waals surface area contributed by atoms with Gasteiger partial charge in [0.25, 0.3) is 0 Å². The van der Waals surface area contributed by atoms with Gasteiger partial charge in [-0.15, -0.1) is 0 Å². The number of amides is 1. The lowest BCUT2D eigenvalue weighted by atomic mass is 10.0. The standard InChI is InChI=1S/C23H22N6O2/c1-24-23-26-10-7-20(29-23)16-11-15-3-4-18(31-2)13-19(15)21(12-16)27-14-22(30)28-17-5-8-25-9-6-17/h3-13,27H,14H2,1-2H3,(H,24,26,29)(H,25,28,30). The van der Waals surface area contributed by atoms with Gasteiger partial charge in [-0.3, -0.25) is 9.78 Å². The Morgan fingerprint density at radius 3 is 2.65 bits per heavy atom. The number of benzene rings is 2. The van der Waals surface area contributed by atoms with Crippen molar-refractivity contribution in [2.24, 2.45) is 0 Å². The van der Waals surface area contributed by atoms with Gasteiger partial charge in [-0.2, -0.15) is 0 Å². The van der Waals surface area contributed by atoms with Gasteiger partial charge in [-0.05, 0) is 47.9 Å². The van der Waals surface area contributed by atoms with Crippen LogP contribution in [-0.4, -0.2) is 41.6 Å². The van der Waals surface area contributed by atoms with E-state index in [0.717, 1.165) is 33.5 Å². The van der Waals surface area contributed by atoms with Crippen LogP contribution in [0.2, 0.25) is 0 Å². The normalized spacial score (nSPS) is 10.5. The number of nitrogens with zero attached hydrogens (tertiary/aromatic N) is 3. The number of methoxy groups -OCH3 is 1. The largest absolute Gasteiger partial charge is 0.497 e. The van der Waals surface area contributed by atoms with Crippen molar-refractivity contribution < 1.29 is 9.53 Å². The first kappa shape index (κ1) is 20.1. The highest BCUT2D eigenvalue weighted by atomic mass is 16.5. The number of aromatic nitrogens is 3. The maximum atomic E-state index is 12.4. The number of fused-ring (bicyclic) bond motifs is 1. The van der Waals surface area contributed by atoms with E-state index in [-0.39, 0.29) is 12.5 Å². The van der Waals surface area contributed by atoms with E-state index < -0.39 is 0 Å². The van der Waals surface area contributed by atoms with E-state index in [4.69, 9.17) is 4.74 Å². The maximum Gasteiger partial charge on any atom is 0.243 e. The van der Waals surface area contributed by atoms with Gasteiger partial charge in [-0.25, -0.2) is 9.97 Å². The van der Waals surface area contributed by atoms with E-state index in [9.17, 15) is 4.79 Å². The van der Waals surface area contributed by atoms with Crippen molar-refractivity contribution >= 4 is 34.0 Å². The minimum absolute atomic E-state index is 0.101. The van der Waals surface area contributed by atoms with Crippen LogP contribution in [0.15, 0.2) is 67.1 Å². The predicted octanol–water partition coefficient (Wildman–Crippen LogP) is 3.79. The number of carbonyl (C=O) groups excluding carboxylic acids is 1. The summed E-state index contributed by atoms with van der Waals surface area (Å²) in [5, 5.41) is 11.0. The number of nitrogens with one attached hydrogen (secondary N) is 3. The molecule has 4 rings (SSSR count). The van der Waals surface area contributed by atoms with Gasteiger partial charge in [0, 0.05) is 48.0 Å². The van der Waals surface area contributed by atoms with Gasteiger partial charge in [0.2, 0.25) is 11.9 Å². The summed E-state index contributed by atoms with van der Waals surface area (Å²) >= 11 is 0. The fourth-order valence-electron chi connectivity index (χ4n) is 3.21. The zero-order chi connectivity index (χ0) is 21.6. The Labute approximate surface area is 179 Å². The molecular formula is C23H22N6O2. The van der Waals surface area contributed by atoms with Crippen molar-refractivity contribution in [1.29, 1.82) is 0 Å². The fraction of sp³-hybridized carbons (Fsp3) is 0.130. The zero-order valence-corrected chi connectivity index (χ0v) is 17.2. The molecule has 0 aliphatic rings. The lowest BCUT2D eigenvalue weighted by Crippen LogP contribution is -2.21. The lowest BCUT2D eigenvalue weighted by Gasteiger charge is -2.14. The molecule has 0 saturated heterocycles. The molecule has 3 N–H and O–H groups in total. The molecule has 0 bridgehead atoms. The summed E-state index contributed by atoms with van der Waals surface area (Å²) in [6, 6.07) is 15.2. The smallest absolute Gasteiger partial charge is 0.243 e. The molecule has 2 aromatic carbocycles. The summed E-state index contributed by atoms with van der Waals surface area (Å²) in [4.78, 5) is 25.1. The summed E-state index contributed by atoms with van der Waals surface area (Å²) in [5.41, 5.74) is 3.19. The number of hydrogen-bond donors (Lipinski definition) is 3. The first-order valence-electron chi connectivity index (χ1n) is 9.73. The predicted molar refractivity (Wildman–Crippen MR) is 122 cm³/mol. The van der Waals surface area contributed by atoms with Crippen LogP contribution in [-0.2, 0) is 4.79 Å². The third-order valence-electron chi connectivity index (χ3n) is 4.74. The molecule has 156 valence electrons. The van der Waals surface area contributed by atoms with E-state index in [1.807, 2.05) is 30.3 Å². The number of pyridine rings is 1. The first-order valence-corrected chi connectivity index (χ1v) is 9.73. The summed E-state index contributed by atoms with van der Waals surface area (Å²) in [6.45, 7) is 0.101. The summed E-state index contributed by atoms with van der Waals surface area (Å²) in [5.74, 6) is 1.12. The molecule has 0 aliphatic carbocycles. The average Bonchev–Trinajstić information content (AvgIpc) is 2.82. The minimum Gasteiger partial charge on any atom is -0.497 e. The molecule has 8 nitrogen and oxygen atoms in total. The quantitative estimate of drug-likeness (QED) is 0.423. The molecule has 0 aliphatic heterocycles. The number of anilines is 3. The molecule has 0 radical (unpaired) electrons. The third-order valence-corrected chi connectivity index (χ3v) is 4.74. The highest BCUT2D eigenvalue weighted by Crippen LogP contribution is 2.33. The SMILES string of the molecule is CNc1nccc(-c2cc(NCC(=O)Nc3ccncc3)c3cc(OC)ccc3c2)n1. The van der Waals surface area contributed by atoms with E-state index in [0.29, 0.717) is 11.6 Å². The van der Waals surface area contributed by atoms with Gasteiger partial charge in [0.1, 0.15) is 5.75 Å². The highest BCUT2D eigenvalue weighted by molar-refractivity contribution is 6.00. The van der Waals surface area contributed by atoms with Crippen molar-refractivity contribution in [2.75, 3.05) is 36.7 Å². The van der Waals surface area contributed by atoms with Gasteiger partial charge >= 0.3 is 0 Å². The third kappa shape index (κ3) is 4.69. The average molecular weight is 414 g/mol. The van der Waals surface area contributed by atoms with Crippen LogP contribution in [0.25, 0.3) is 22.0 Å². The number of rotatable bonds is 7. The van der Waals surface area contributed by atoms with Crippen molar-refractivity contribution in [2.45, 2.75) is 0 Å². The first-order chi connectivity index (χ1) is 15.2. The van der Waals surface area contributed by atoms with Gasteiger partial charge in [0.05, 0.1) is 19.3 Å². The van der Waals surface area contributed by atoms with E-state index in [1.165, 1.54) is 0 Å². The highest BCUT2D eigenvalue weighted by Gasteiger charge is 2.11. The van der Waals surface area contributed by atoms with Gasteiger partial charge in [-0.1, -0.05) is 6.07 Å². The maximum absolute atomic E-state index is 12.4. The molecule has 0 saturated carbocycles. The molecule has 0 atom stereocenters. The van der Waals surface area contributed by atoms with Crippen LogP contribution in [0.4, 0.5) is 17.3 Å². The molecule has 1 amide bonds. The molecule has 31 heavy (non-hydrogen) atoms. The van der Waals surface area contributed by atoms with Gasteiger partial charge < -0.3 is 20.7 Å². The Hall–Kier alpha value is -4.20. The van der Waals surface area contributed by atoms with Crippen LogP contribution < -0.4 is 20.7 Å². The van der Waals surface area contributed by atoms with Crippen molar-refractivity contribution in [3.63, 3.8) is 0 Å². The lowest BCUT2D eigenvalue weighted by molar-refractivity contribution is -0.114. The van der Waals surface area contributed by atoms with Crippen LogP contribution in [0, 0.1) is 0 Å². The van der Waals surface area contributed by atoms with Gasteiger partial charge in [0.15, 0.2) is 0 Å². The Morgan fingerprint density at radius 1 is 1.03 bits per heavy atom. The monoisotopic (exact) mass is 414 g/mol. The van der Waals surface area contributed by atoms with E-state index in [1.54, 1.807) is 44.9 Å². The number of ether oxygens (including phenoxy) is 1. The minimum atomic E-state index is -0.160. The topological polar surface area (TPSA) is 101 Å². The molecule has 2 aromatic heterocycles.